The lowest BCUT2D eigenvalue weighted by atomic mass is 10.0. The summed E-state index contributed by atoms with van der Waals surface area (Å²) >= 11 is 0. The fraction of sp³-hybridized carbons (Fsp3) is 0.898. The molecule has 1 amide bonds. The highest BCUT2D eigenvalue weighted by Gasteiger charge is 2.24. The third kappa shape index (κ3) is 48.6. The van der Waals surface area contributed by atoms with Gasteiger partial charge in [-0.25, -0.2) is 0 Å². The summed E-state index contributed by atoms with van der Waals surface area (Å²) in [4.78, 5) is 26.3. The second-order valence-corrected chi connectivity index (χ2v) is 20.0. The second kappa shape index (κ2) is 53.3. The Balaban J connectivity index is 4.55. The minimum atomic E-state index is -0.789. The Hall–Kier alpha value is -1.66. The minimum absolute atomic E-state index is 0.0732. The minimum Gasteiger partial charge on any atom is -0.462 e. The molecule has 3 unspecified atom stereocenters. The Labute approximate surface area is 405 Å². The number of aliphatic hydroxyl groups is 2. The van der Waals surface area contributed by atoms with Gasteiger partial charge in [-0.1, -0.05) is 251 Å². The number of unbranched alkanes of at least 4 members (excludes halogenated alkanes) is 37. The molecule has 0 aliphatic rings. The maximum absolute atomic E-state index is 13.3. The molecule has 0 fully saturated rings. The number of rotatable bonds is 53. The number of allylic oxidation sites excluding steroid dienone is 4. The molecule has 0 aliphatic heterocycles. The highest BCUT2D eigenvalue weighted by molar-refractivity contribution is 5.77. The molecule has 384 valence electrons. The largest absolute Gasteiger partial charge is 0.462 e. The first-order valence-electron chi connectivity index (χ1n) is 29.1. The molecular formula is C59H113NO5. The summed E-state index contributed by atoms with van der Waals surface area (Å²) in [6, 6.07) is -0.703. The van der Waals surface area contributed by atoms with E-state index in [-0.39, 0.29) is 24.9 Å². The molecule has 0 spiro atoms. The number of carbonyl (C=O) groups excluding carboxylic acids is 2. The number of aliphatic hydroxyl groups excluding tert-OH is 2. The van der Waals surface area contributed by atoms with Crippen molar-refractivity contribution in [1.29, 1.82) is 0 Å². The number of nitrogens with one attached hydrogen (secondary N) is 1. The van der Waals surface area contributed by atoms with E-state index in [1.165, 1.54) is 212 Å². The molecule has 0 aliphatic carbocycles. The van der Waals surface area contributed by atoms with Gasteiger partial charge in [0.15, 0.2) is 0 Å². The van der Waals surface area contributed by atoms with Gasteiger partial charge >= 0.3 is 5.97 Å². The van der Waals surface area contributed by atoms with Crippen LogP contribution in [0.1, 0.15) is 316 Å². The average Bonchev–Trinajstić information content (AvgIpc) is 3.30. The van der Waals surface area contributed by atoms with Gasteiger partial charge in [0.25, 0.3) is 0 Å². The highest BCUT2D eigenvalue weighted by atomic mass is 16.5. The first-order valence-corrected chi connectivity index (χ1v) is 29.1. The van der Waals surface area contributed by atoms with Crippen molar-refractivity contribution in [1.82, 2.24) is 5.32 Å². The van der Waals surface area contributed by atoms with Crippen molar-refractivity contribution in [3.05, 3.63) is 24.3 Å². The van der Waals surface area contributed by atoms with Crippen molar-refractivity contribution in [2.24, 2.45) is 0 Å². The lowest BCUT2D eigenvalue weighted by molar-refractivity contribution is -0.151. The van der Waals surface area contributed by atoms with Crippen LogP contribution in [0.4, 0.5) is 0 Å². The van der Waals surface area contributed by atoms with Crippen LogP contribution >= 0.6 is 0 Å². The van der Waals surface area contributed by atoms with Crippen LogP contribution < -0.4 is 5.32 Å². The fourth-order valence-electron chi connectivity index (χ4n) is 9.07. The Morgan fingerprint density at radius 2 is 0.738 bits per heavy atom. The van der Waals surface area contributed by atoms with Gasteiger partial charge in [0.05, 0.1) is 25.2 Å². The molecule has 0 rings (SSSR count). The Morgan fingerprint density at radius 3 is 1.09 bits per heavy atom. The molecule has 6 nitrogen and oxygen atoms in total. The van der Waals surface area contributed by atoms with Crippen LogP contribution in [0, 0.1) is 0 Å². The van der Waals surface area contributed by atoms with Crippen molar-refractivity contribution in [3.63, 3.8) is 0 Å². The van der Waals surface area contributed by atoms with E-state index >= 15 is 0 Å². The monoisotopic (exact) mass is 916 g/mol. The molecule has 0 saturated carbocycles. The average molecular weight is 917 g/mol. The Morgan fingerprint density at radius 1 is 0.431 bits per heavy atom. The number of hydrogen-bond acceptors (Lipinski definition) is 5. The van der Waals surface area contributed by atoms with Gasteiger partial charge in [0.1, 0.15) is 6.10 Å². The predicted molar refractivity (Wildman–Crippen MR) is 283 cm³/mol. The van der Waals surface area contributed by atoms with E-state index in [2.05, 4.69) is 50.4 Å². The Bertz CT molecular complexity index is 1030. The summed E-state index contributed by atoms with van der Waals surface area (Å²) in [6.07, 6.45) is 62.4. The molecule has 0 aromatic rings. The summed E-state index contributed by atoms with van der Waals surface area (Å²) in [5.74, 6) is -0.480. The first-order chi connectivity index (χ1) is 32.0. The van der Waals surface area contributed by atoms with E-state index in [4.69, 9.17) is 4.74 Å². The molecule has 0 bridgehead atoms. The normalized spacial score (nSPS) is 13.2. The van der Waals surface area contributed by atoms with E-state index in [9.17, 15) is 19.8 Å². The molecule has 0 radical (unpaired) electrons. The standard InChI is InChI=1S/C59H113NO5/c1-4-7-10-13-16-19-22-25-28-29-31-32-35-38-41-44-47-50-55(65-59(64)52-49-46-43-40-37-34-27-24-21-18-15-12-9-6-3)53-58(63)60-56(54-61)57(62)51-48-45-42-39-36-33-30-26-23-20-17-14-11-8-5-2/h25,28,34,37,55-57,61-62H,4-24,26-27,29-33,35-36,38-54H2,1-3H3,(H,60,63)/b28-25+,37-34-. The third-order valence-corrected chi connectivity index (χ3v) is 13.5. The number of amides is 1. The molecule has 3 N–H and O–H groups in total. The van der Waals surface area contributed by atoms with Crippen molar-refractivity contribution >= 4 is 11.9 Å². The van der Waals surface area contributed by atoms with E-state index in [0.29, 0.717) is 19.3 Å². The summed E-state index contributed by atoms with van der Waals surface area (Å²) in [7, 11) is 0. The van der Waals surface area contributed by atoms with Gasteiger partial charge in [-0.2, -0.15) is 0 Å². The van der Waals surface area contributed by atoms with Crippen molar-refractivity contribution in [2.75, 3.05) is 6.61 Å². The van der Waals surface area contributed by atoms with Gasteiger partial charge < -0.3 is 20.3 Å². The van der Waals surface area contributed by atoms with Crippen LogP contribution in [0.25, 0.3) is 0 Å². The molecule has 0 heterocycles. The van der Waals surface area contributed by atoms with E-state index < -0.39 is 18.2 Å². The summed E-state index contributed by atoms with van der Waals surface area (Å²) in [5.41, 5.74) is 0. The summed E-state index contributed by atoms with van der Waals surface area (Å²) < 4.78 is 5.95. The van der Waals surface area contributed by atoms with Gasteiger partial charge in [-0.3, -0.25) is 9.59 Å². The zero-order chi connectivity index (χ0) is 47.4. The molecule has 3 atom stereocenters. The zero-order valence-electron chi connectivity index (χ0n) is 43.9. The highest BCUT2D eigenvalue weighted by Crippen LogP contribution is 2.18. The molecule has 6 heteroatoms. The number of esters is 1. The molecule has 0 aromatic carbocycles. The number of ether oxygens (including phenoxy) is 1. The van der Waals surface area contributed by atoms with Gasteiger partial charge in [-0.15, -0.1) is 0 Å². The van der Waals surface area contributed by atoms with Gasteiger partial charge in [-0.05, 0) is 77.0 Å². The first kappa shape index (κ1) is 63.3. The van der Waals surface area contributed by atoms with Crippen molar-refractivity contribution in [3.8, 4) is 0 Å². The van der Waals surface area contributed by atoms with Crippen LogP contribution in [-0.2, 0) is 14.3 Å². The van der Waals surface area contributed by atoms with Gasteiger partial charge in [0, 0.05) is 6.42 Å². The molecule has 65 heavy (non-hydrogen) atoms. The van der Waals surface area contributed by atoms with Crippen molar-refractivity contribution < 1.29 is 24.5 Å². The lowest BCUT2D eigenvalue weighted by Crippen LogP contribution is -2.46. The lowest BCUT2D eigenvalue weighted by Gasteiger charge is -2.24. The van der Waals surface area contributed by atoms with Gasteiger partial charge in [0.2, 0.25) is 5.91 Å². The molecule has 0 aromatic heterocycles. The van der Waals surface area contributed by atoms with Crippen LogP contribution in [0.5, 0.6) is 0 Å². The molecule has 0 saturated heterocycles. The third-order valence-electron chi connectivity index (χ3n) is 13.5. The van der Waals surface area contributed by atoms with E-state index in [0.717, 1.165) is 57.8 Å². The summed E-state index contributed by atoms with van der Waals surface area (Å²) in [5, 5.41) is 23.9. The smallest absolute Gasteiger partial charge is 0.306 e. The Kier molecular flexibility index (Phi) is 51.9. The van der Waals surface area contributed by atoms with Crippen LogP contribution in [0.3, 0.4) is 0 Å². The second-order valence-electron chi connectivity index (χ2n) is 20.0. The van der Waals surface area contributed by atoms with E-state index in [1.807, 2.05) is 0 Å². The maximum Gasteiger partial charge on any atom is 0.306 e. The SMILES string of the molecule is CCCCCCCC/C=C/CCCCCCCCCC(CC(=O)NC(CO)C(O)CCCCCCCCCCCCCCCCC)OC(=O)CCCCC/C=C\CCCCCCCCC. The van der Waals surface area contributed by atoms with E-state index in [1.54, 1.807) is 0 Å². The number of carbonyl (C=O) groups is 2. The molecular weight excluding hydrogens is 803 g/mol. The van der Waals surface area contributed by atoms with Crippen molar-refractivity contribution in [2.45, 2.75) is 334 Å². The topological polar surface area (TPSA) is 95.9 Å². The van der Waals surface area contributed by atoms with Crippen LogP contribution in [0.2, 0.25) is 0 Å². The maximum atomic E-state index is 13.3. The summed E-state index contributed by atoms with van der Waals surface area (Å²) in [6.45, 7) is 6.51. The predicted octanol–water partition coefficient (Wildman–Crippen LogP) is 17.9. The van der Waals surface area contributed by atoms with Crippen LogP contribution in [0.15, 0.2) is 24.3 Å². The quantitative estimate of drug-likeness (QED) is 0.0321. The fourth-order valence-corrected chi connectivity index (χ4v) is 9.07. The number of hydrogen-bond donors (Lipinski definition) is 3. The zero-order valence-corrected chi connectivity index (χ0v) is 43.9. The van der Waals surface area contributed by atoms with Crippen LogP contribution in [-0.4, -0.2) is 46.9 Å².